The number of fused-ring (bicyclic) bond motifs is 3. The van der Waals surface area contributed by atoms with Gasteiger partial charge < -0.3 is 30.2 Å². The van der Waals surface area contributed by atoms with Crippen molar-refractivity contribution in [1.82, 2.24) is 15.1 Å². The number of carbonyl (C=O) groups is 2. The number of aromatic nitrogens is 2. The Morgan fingerprint density at radius 1 is 1.05 bits per heavy atom. The van der Waals surface area contributed by atoms with E-state index in [9.17, 15) is 14.4 Å². The number of hydrogen-bond donors (Lipinski definition) is 3. The fourth-order valence-electron chi connectivity index (χ4n) is 5.36. The largest absolute Gasteiger partial charge is 0.493 e. The van der Waals surface area contributed by atoms with Gasteiger partial charge in [0.25, 0.3) is 0 Å². The predicted octanol–water partition coefficient (Wildman–Crippen LogP) is 3.98. The molecule has 0 unspecified atom stereocenters. The number of amides is 2. The molecular formula is C31H39N5O6. The second kappa shape index (κ2) is 12.5. The summed E-state index contributed by atoms with van der Waals surface area (Å²) in [6, 6.07) is 7.55. The molecule has 0 saturated carbocycles. The van der Waals surface area contributed by atoms with Gasteiger partial charge in [-0.25, -0.2) is 0 Å². The summed E-state index contributed by atoms with van der Waals surface area (Å²) in [5.74, 6) is 1.18. The van der Waals surface area contributed by atoms with Gasteiger partial charge in [0.05, 0.1) is 33.1 Å². The zero-order valence-electron chi connectivity index (χ0n) is 25.4. The molecule has 42 heavy (non-hydrogen) atoms. The van der Waals surface area contributed by atoms with Crippen LogP contribution >= 0.6 is 0 Å². The summed E-state index contributed by atoms with van der Waals surface area (Å²) in [7, 11) is 6.45. The highest BCUT2D eigenvalue weighted by Gasteiger charge is 2.30. The lowest BCUT2D eigenvalue weighted by atomic mass is 9.95. The van der Waals surface area contributed by atoms with Crippen molar-refractivity contribution in [2.45, 2.75) is 52.6 Å². The molecule has 2 atom stereocenters. The summed E-state index contributed by atoms with van der Waals surface area (Å²) < 4.78 is 18.8. The van der Waals surface area contributed by atoms with Crippen LogP contribution in [-0.4, -0.2) is 49.0 Å². The fraction of sp³-hybridized carbons (Fsp3) is 0.419. The summed E-state index contributed by atoms with van der Waals surface area (Å²) in [4.78, 5) is 39.2. The third-order valence-corrected chi connectivity index (χ3v) is 7.54. The van der Waals surface area contributed by atoms with Gasteiger partial charge in [0.15, 0.2) is 17.3 Å². The normalized spacial score (nSPS) is 14.6. The van der Waals surface area contributed by atoms with Crippen LogP contribution in [0.1, 0.15) is 50.1 Å². The van der Waals surface area contributed by atoms with E-state index in [2.05, 4.69) is 21.0 Å². The van der Waals surface area contributed by atoms with Crippen LogP contribution < -0.4 is 35.6 Å². The van der Waals surface area contributed by atoms with Crippen molar-refractivity contribution < 1.29 is 23.8 Å². The second-order valence-electron chi connectivity index (χ2n) is 10.7. The third kappa shape index (κ3) is 6.05. The number of nitrogens with zero attached hydrogens (tertiary/aromatic N) is 2. The number of anilines is 2. The number of nitrogens with one attached hydrogen (secondary N) is 3. The van der Waals surface area contributed by atoms with Crippen molar-refractivity contribution in [1.29, 1.82) is 0 Å². The van der Waals surface area contributed by atoms with Crippen LogP contribution in [0.2, 0.25) is 0 Å². The zero-order valence-corrected chi connectivity index (χ0v) is 25.4. The fourth-order valence-corrected chi connectivity index (χ4v) is 5.36. The van der Waals surface area contributed by atoms with Crippen molar-refractivity contribution in [2.75, 3.05) is 32.0 Å². The maximum absolute atomic E-state index is 13.7. The Morgan fingerprint density at radius 2 is 1.76 bits per heavy atom. The van der Waals surface area contributed by atoms with Gasteiger partial charge >= 0.3 is 0 Å². The van der Waals surface area contributed by atoms with Gasteiger partial charge in [-0.2, -0.15) is 5.10 Å². The van der Waals surface area contributed by atoms with Crippen LogP contribution in [0.4, 0.5) is 11.5 Å². The number of benzene rings is 1. The number of ether oxygens (including phenoxy) is 3. The molecule has 0 aliphatic heterocycles. The molecule has 1 aliphatic rings. The summed E-state index contributed by atoms with van der Waals surface area (Å²) in [6.07, 6.45) is 1.14. The van der Waals surface area contributed by atoms with Crippen molar-refractivity contribution >= 4 is 23.3 Å². The first-order chi connectivity index (χ1) is 20.0. The van der Waals surface area contributed by atoms with Crippen LogP contribution in [0.25, 0.3) is 11.1 Å². The van der Waals surface area contributed by atoms with Crippen molar-refractivity contribution in [2.24, 2.45) is 13.0 Å². The first kappa shape index (κ1) is 30.4. The molecule has 3 N–H and O–H groups in total. The van der Waals surface area contributed by atoms with Crippen LogP contribution in [0.15, 0.2) is 35.1 Å². The van der Waals surface area contributed by atoms with E-state index in [1.807, 2.05) is 32.9 Å². The van der Waals surface area contributed by atoms with E-state index in [0.29, 0.717) is 47.0 Å². The molecule has 1 aliphatic carbocycles. The molecule has 0 saturated heterocycles. The van der Waals surface area contributed by atoms with Crippen LogP contribution in [-0.2, 0) is 23.1 Å². The minimum Gasteiger partial charge on any atom is -0.493 e. The quantitative estimate of drug-likeness (QED) is 0.348. The van der Waals surface area contributed by atoms with E-state index in [1.54, 1.807) is 38.1 Å². The van der Waals surface area contributed by atoms with Gasteiger partial charge in [0.1, 0.15) is 6.04 Å². The van der Waals surface area contributed by atoms with Gasteiger partial charge in [-0.05, 0) is 60.6 Å². The Labute approximate surface area is 245 Å². The maximum atomic E-state index is 13.7. The first-order valence-electron chi connectivity index (χ1n) is 13.8. The summed E-state index contributed by atoms with van der Waals surface area (Å²) in [6.45, 7) is 7.15. The summed E-state index contributed by atoms with van der Waals surface area (Å²) >= 11 is 0. The zero-order chi connectivity index (χ0) is 30.7. The molecule has 0 bridgehead atoms. The molecule has 3 aromatic rings. The maximum Gasteiger partial charge on any atom is 0.248 e. The molecule has 0 fully saturated rings. The van der Waals surface area contributed by atoms with E-state index in [-0.39, 0.29) is 28.8 Å². The van der Waals surface area contributed by atoms with Gasteiger partial charge in [-0.1, -0.05) is 19.9 Å². The molecule has 11 nitrogen and oxygen atoms in total. The predicted molar refractivity (Wildman–Crippen MR) is 162 cm³/mol. The average molecular weight is 578 g/mol. The van der Waals surface area contributed by atoms with Crippen molar-refractivity contribution in [3.05, 3.63) is 57.4 Å². The molecule has 1 heterocycles. The van der Waals surface area contributed by atoms with Gasteiger partial charge in [-0.15, -0.1) is 0 Å². The molecule has 2 aromatic carbocycles. The van der Waals surface area contributed by atoms with E-state index in [0.717, 1.165) is 16.8 Å². The monoisotopic (exact) mass is 577 g/mol. The van der Waals surface area contributed by atoms with Crippen molar-refractivity contribution in [3.8, 4) is 28.4 Å². The average Bonchev–Trinajstić information content (AvgIpc) is 3.08. The molecule has 0 radical (unpaired) electrons. The van der Waals surface area contributed by atoms with E-state index in [4.69, 9.17) is 14.2 Å². The lowest BCUT2D eigenvalue weighted by molar-refractivity contribution is -0.120. The number of aryl methyl sites for hydroxylation is 3. The van der Waals surface area contributed by atoms with Crippen LogP contribution in [0.5, 0.6) is 17.2 Å². The highest BCUT2D eigenvalue weighted by molar-refractivity contribution is 5.96. The SMILES string of the molecule is COc1cc2c(c(OC)c1OC)-c1ccc(N[C@H](C(=O)Nc3cc(C)n(C)n3)C(C)C)c(=O)cc1[C@H](NC(C)=O)CC2. The summed E-state index contributed by atoms with van der Waals surface area (Å²) in [5, 5.41) is 13.3. The van der Waals surface area contributed by atoms with Crippen LogP contribution in [0.3, 0.4) is 0 Å². The first-order valence-corrected chi connectivity index (χ1v) is 13.8. The standard InChI is InChI=1S/C31H39N5O6/c1-16(2)28(31(39)34-26-13-17(3)36(5)35-26)33-23-12-10-20-21(15-24(23)38)22(32-18(4)37)11-9-19-14-25(40-6)29(41-7)30(42-8)27(19)20/h10,12-16,22,28H,9,11H2,1-8H3,(H,32,37)(H,33,38)(H,34,35,39)/t22-,28+/m1/s1. The minimum atomic E-state index is -0.723. The highest BCUT2D eigenvalue weighted by atomic mass is 16.5. The lowest BCUT2D eigenvalue weighted by Gasteiger charge is -2.21. The number of hydrogen-bond acceptors (Lipinski definition) is 8. The Hall–Kier alpha value is -4.54. The van der Waals surface area contributed by atoms with Gasteiger partial charge in [0.2, 0.25) is 23.0 Å². The van der Waals surface area contributed by atoms with E-state index < -0.39 is 12.1 Å². The smallest absolute Gasteiger partial charge is 0.248 e. The highest BCUT2D eigenvalue weighted by Crippen LogP contribution is 2.50. The number of carbonyl (C=O) groups excluding carboxylic acids is 2. The third-order valence-electron chi connectivity index (χ3n) is 7.54. The molecule has 1 aromatic heterocycles. The molecule has 4 rings (SSSR count). The van der Waals surface area contributed by atoms with E-state index in [1.165, 1.54) is 20.1 Å². The lowest BCUT2D eigenvalue weighted by Crippen LogP contribution is -2.40. The van der Waals surface area contributed by atoms with Crippen molar-refractivity contribution in [3.63, 3.8) is 0 Å². The molecule has 11 heteroatoms. The van der Waals surface area contributed by atoms with Gasteiger partial charge in [0, 0.05) is 31.3 Å². The second-order valence-corrected chi connectivity index (χ2v) is 10.7. The van der Waals surface area contributed by atoms with Crippen LogP contribution in [0, 0.1) is 12.8 Å². The molecular weight excluding hydrogens is 538 g/mol. The Kier molecular flexibility index (Phi) is 9.08. The number of rotatable bonds is 9. The summed E-state index contributed by atoms with van der Waals surface area (Å²) in [5.41, 5.74) is 3.86. The van der Waals surface area contributed by atoms with Gasteiger partial charge in [-0.3, -0.25) is 19.1 Å². The molecule has 0 spiro atoms. The molecule has 2 amide bonds. The Bertz CT molecular complexity index is 1540. The minimum absolute atomic E-state index is 0.151. The Morgan fingerprint density at radius 3 is 2.33 bits per heavy atom. The topological polar surface area (TPSA) is 133 Å². The van der Waals surface area contributed by atoms with E-state index >= 15 is 0 Å². The number of methoxy groups -OCH3 is 3. The molecule has 224 valence electrons. The Balaban J connectivity index is 1.85.